The molecule has 1 aromatic heterocycles. The minimum absolute atomic E-state index is 0.244. The Morgan fingerprint density at radius 3 is 2.35 bits per heavy atom. The lowest BCUT2D eigenvalue weighted by Crippen LogP contribution is -2.19. The lowest BCUT2D eigenvalue weighted by Gasteiger charge is -2.13. The largest absolute Gasteiger partial charge is 0.478 e. The summed E-state index contributed by atoms with van der Waals surface area (Å²) >= 11 is 0. The van der Waals surface area contributed by atoms with E-state index in [2.05, 4.69) is 9.97 Å². The van der Waals surface area contributed by atoms with Crippen LogP contribution in [-0.2, 0) is 4.79 Å². The molecule has 2 rings (SSSR count). The van der Waals surface area contributed by atoms with Crippen LogP contribution in [0.5, 0.6) is 6.01 Å². The van der Waals surface area contributed by atoms with E-state index in [0.29, 0.717) is 5.56 Å². The fourth-order valence-corrected chi connectivity index (χ4v) is 1.46. The summed E-state index contributed by atoms with van der Waals surface area (Å²) in [4.78, 5) is 28.2. The first-order valence-corrected chi connectivity index (χ1v) is 5.49. The van der Waals surface area contributed by atoms with E-state index in [0.717, 1.165) is 12.4 Å². The molecule has 20 heavy (non-hydrogen) atoms. The molecule has 1 aromatic carbocycles. The van der Waals surface area contributed by atoms with E-state index in [4.69, 9.17) is 9.84 Å². The molecule has 1 heterocycles. The van der Waals surface area contributed by atoms with E-state index < -0.39 is 17.0 Å². The van der Waals surface area contributed by atoms with Crippen molar-refractivity contribution in [2.45, 2.75) is 6.10 Å². The third kappa shape index (κ3) is 3.05. The third-order valence-electron chi connectivity index (χ3n) is 2.38. The molecule has 8 heteroatoms. The van der Waals surface area contributed by atoms with Gasteiger partial charge >= 0.3 is 17.7 Å². The maximum absolute atomic E-state index is 11.2. The van der Waals surface area contributed by atoms with Gasteiger partial charge in [0.15, 0.2) is 0 Å². The fourth-order valence-electron chi connectivity index (χ4n) is 1.46. The zero-order valence-corrected chi connectivity index (χ0v) is 10.0. The monoisotopic (exact) mass is 275 g/mol. The number of hydrogen-bond acceptors (Lipinski definition) is 6. The van der Waals surface area contributed by atoms with Crippen LogP contribution in [0.2, 0.25) is 0 Å². The van der Waals surface area contributed by atoms with Crippen LogP contribution in [0.1, 0.15) is 11.7 Å². The van der Waals surface area contributed by atoms with Crippen LogP contribution in [0, 0.1) is 10.1 Å². The van der Waals surface area contributed by atoms with Gasteiger partial charge in [0.05, 0.1) is 4.92 Å². The molecule has 0 radical (unpaired) electrons. The Balaban J connectivity index is 2.21. The lowest BCUT2D eigenvalue weighted by molar-refractivity contribution is -0.385. The van der Waals surface area contributed by atoms with Gasteiger partial charge in [-0.25, -0.2) is 4.79 Å². The fraction of sp³-hybridized carbons (Fsp3) is 0.0833. The first kappa shape index (κ1) is 13.4. The molecule has 102 valence electrons. The molecule has 8 nitrogen and oxygen atoms in total. The molecule has 1 atom stereocenters. The van der Waals surface area contributed by atoms with Crippen molar-refractivity contribution in [1.29, 1.82) is 0 Å². The number of carbonyl (C=O) groups is 1. The van der Waals surface area contributed by atoms with Crippen molar-refractivity contribution in [3.05, 3.63) is 58.4 Å². The van der Waals surface area contributed by atoms with Crippen LogP contribution in [0.3, 0.4) is 0 Å². The smallest absolute Gasteiger partial charge is 0.349 e. The summed E-state index contributed by atoms with van der Waals surface area (Å²) < 4.78 is 5.15. The highest BCUT2D eigenvalue weighted by Crippen LogP contribution is 2.20. The Bertz CT molecular complexity index is 615. The quantitative estimate of drug-likeness (QED) is 0.650. The van der Waals surface area contributed by atoms with Gasteiger partial charge in [-0.15, -0.1) is 0 Å². The van der Waals surface area contributed by atoms with Crippen molar-refractivity contribution in [2.75, 3.05) is 0 Å². The Kier molecular flexibility index (Phi) is 3.85. The third-order valence-corrected chi connectivity index (χ3v) is 2.38. The molecule has 0 aliphatic heterocycles. The first-order valence-electron chi connectivity index (χ1n) is 5.49. The highest BCUT2D eigenvalue weighted by molar-refractivity contribution is 5.74. The minimum atomic E-state index is -1.28. The van der Waals surface area contributed by atoms with Crippen LogP contribution >= 0.6 is 0 Å². The maximum atomic E-state index is 11.2. The number of benzene rings is 1. The number of nitrogens with zero attached hydrogens (tertiary/aromatic N) is 3. The number of aliphatic carboxylic acids is 1. The summed E-state index contributed by atoms with van der Waals surface area (Å²) in [7, 11) is 0. The molecule has 2 aromatic rings. The molecule has 0 saturated heterocycles. The number of rotatable bonds is 5. The number of hydrogen-bond donors (Lipinski definition) is 1. The van der Waals surface area contributed by atoms with Crippen LogP contribution in [-0.4, -0.2) is 26.0 Å². The molecular formula is C12H9N3O5. The Hall–Kier alpha value is -3.03. The van der Waals surface area contributed by atoms with Crippen LogP contribution < -0.4 is 4.74 Å². The summed E-state index contributed by atoms with van der Waals surface area (Å²) in [5, 5.41) is 19.6. The zero-order chi connectivity index (χ0) is 14.5. The van der Waals surface area contributed by atoms with Gasteiger partial charge in [0.1, 0.15) is 12.4 Å². The summed E-state index contributed by atoms with van der Waals surface area (Å²) in [6, 6.07) is 8.02. The second-order valence-electron chi connectivity index (χ2n) is 3.73. The number of carboxylic acid groups (broad SMARTS) is 1. The van der Waals surface area contributed by atoms with Crippen molar-refractivity contribution in [3.63, 3.8) is 0 Å². The van der Waals surface area contributed by atoms with Crippen molar-refractivity contribution in [3.8, 4) is 6.01 Å². The van der Waals surface area contributed by atoms with Crippen molar-refractivity contribution in [2.24, 2.45) is 0 Å². The van der Waals surface area contributed by atoms with E-state index in [1.165, 1.54) is 0 Å². The van der Waals surface area contributed by atoms with Crippen LogP contribution in [0.4, 0.5) is 5.69 Å². The molecule has 0 amide bonds. The molecule has 0 bridgehead atoms. The summed E-state index contributed by atoms with van der Waals surface area (Å²) in [6.45, 7) is 0. The average Bonchev–Trinajstić information content (AvgIpc) is 2.46. The first-order chi connectivity index (χ1) is 9.58. The van der Waals surface area contributed by atoms with E-state index in [1.54, 1.807) is 30.3 Å². The molecule has 0 saturated carbocycles. The van der Waals surface area contributed by atoms with Gasteiger partial charge in [-0.1, -0.05) is 30.3 Å². The summed E-state index contributed by atoms with van der Waals surface area (Å²) in [5.41, 5.74) is 0.117. The van der Waals surface area contributed by atoms with Gasteiger partial charge in [-0.3, -0.25) is 10.1 Å². The highest BCUT2D eigenvalue weighted by Gasteiger charge is 2.23. The number of aromatic nitrogens is 2. The minimum Gasteiger partial charge on any atom is -0.478 e. The molecular weight excluding hydrogens is 266 g/mol. The second kappa shape index (κ2) is 5.74. The number of nitro groups is 1. The van der Waals surface area contributed by atoms with E-state index >= 15 is 0 Å². The van der Waals surface area contributed by atoms with Crippen molar-refractivity contribution < 1.29 is 19.6 Å². The van der Waals surface area contributed by atoms with Crippen molar-refractivity contribution in [1.82, 2.24) is 9.97 Å². The standard InChI is InChI=1S/C12H9N3O5/c16-11(17)10(8-4-2-1-3-5-8)20-12-13-6-9(7-14-12)15(18)19/h1-7,10H,(H,16,17). The molecule has 0 spiro atoms. The van der Waals surface area contributed by atoms with Gasteiger partial charge in [0.2, 0.25) is 6.10 Å². The van der Waals surface area contributed by atoms with Gasteiger partial charge in [0, 0.05) is 5.56 Å². The Morgan fingerprint density at radius 1 is 1.25 bits per heavy atom. The lowest BCUT2D eigenvalue weighted by atomic mass is 10.1. The number of carboxylic acids is 1. The number of ether oxygens (including phenoxy) is 1. The summed E-state index contributed by atoms with van der Waals surface area (Å²) in [5.74, 6) is -1.21. The molecule has 1 N–H and O–H groups in total. The topological polar surface area (TPSA) is 115 Å². The predicted molar refractivity (Wildman–Crippen MR) is 66.1 cm³/mol. The van der Waals surface area contributed by atoms with Gasteiger partial charge < -0.3 is 9.84 Å². The molecule has 0 fully saturated rings. The average molecular weight is 275 g/mol. The van der Waals surface area contributed by atoms with E-state index in [9.17, 15) is 14.9 Å². The highest BCUT2D eigenvalue weighted by atomic mass is 16.6. The molecule has 0 aliphatic rings. The SMILES string of the molecule is O=C(O)C(Oc1ncc([N+](=O)[O-])cn1)c1ccccc1. The maximum Gasteiger partial charge on any atom is 0.349 e. The van der Waals surface area contributed by atoms with Crippen LogP contribution in [0.25, 0.3) is 0 Å². The van der Waals surface area contributed by atoms with E-state index in [1.807, 2.05) is 0 Å². The Morgan fingerprint density at radius 2 is 1.85 bits per heavy atom. The summed E-state index contributed by atoms with van der Waals surface area (Å²) in [6.07, 6.45) is 0.621. The Labute approximate surface area is 112 Å². The second-order valence-corrected chi connectivity index (χ2v) is 3.73. The van der Waals surface area contributed by atoms with E-state index in [-0.39, 0.29) is 11.7 Å². The van der Waals surface area contributed by atoms with Crippen molar-refractivity contribution >= 4 is 11.7 Å². The zero-order valence-electron chi connectivity index (χ0n) is 10.0. The predicted octanol–water partition coefficient (Wildman–Crippen LogP) is 1.59. The van der Waals surface area contributed by atoms with Gasteiger partial charge in [0.25, 0.3) is 0 Å². The molecule has 1 unspecified atom stereocenters. The van der Waals surface area contributed by atoms with Gasteiger partial charge in [-0.2, -0.15) is 9.97 Å². The molecule has 0 aliphatic carbocycles. The van der Waals surface area contributed by atoms with Gasteiger partial charge in [-0.05, 0) is 0 Å². The normalized spacial score (nSPS) is 11.6. The van der Waals surface area contributed by atoms with Crippen LogP contribution in [0.15, 0.2) is 42.7 Å².